The van der Waals surface area contributed by atoms with Gasteiger partial charge in [0, 0.05) is 32.9 Å². The first-order valence-corrected chi connectivity index (χ1v) is 6.42. The molecule has 0 saturated heterocycles. The summed E-state index contributed by atoms with van der Waals surface area (Å²) in [7, 11) is 3.05. The number of halogens is 1. The second kappa shape index (κ2) is 8.85. The molecule has 0 aliphatic heterocycles. The number of hydrogen-bond donors (Lipinski definition) is 0. The van der Waals surface area contributed by atoms with Crippen molar-refractivity contribution in [1.82, 2.24) is 9.88 Å². The highest BCUT2D eigenvalue weighted by atomic mass is 35.5. The van der Waals surface area contributed by atoms with Gasteiger partial charge in [-0.3, -0.25) is 9.69 Å². The van der Waals surface area contributed by atoms with Crippen LogP contribution in [0.5, 0.6) is 0 Å². The van der Waals surface area contributed by atoms with Gasteiger partial charge in [-0.25, -0.2) is 4.98 Å². The van der Waals surface area contributed by atoms with Crippen LogP contribution in [0.4, 0.5) is 0 Å². The number of hydrogen-bond acceptors (Lipinski definition) is 5. The second-order valence-electron chi connectivity index (χ2n) is 4.08. The normalized spacial score (nSPS) is 10.7. The third-order valence-corrected chi connectivity index (χ3v) is 2.88. The first kappa shape index (κ1) is 15.9. The molecular weight excluding hydrogens is 268 g/mol. The number of aromatic nitrogens is 1. The van der Waals surface area contributed by atoms with Crippen LogP contribution in [0.2, 0.25) is 5.15 Å². The molecule has 0 N–H and O–H groups in total. The molecule has 0 atom stereocenters. The second-order valence-corrected chi connectivity index (χ2v) is 4.47. The van der Waals surface area contributed by atoms with E-state index in [1.165, 1.54) is 7.11 Å². The molecule has 19 heavy (non-hydrogen) atoms. The molecule has 0 fully saturated rings. The molecular formula is C13H19ClN2O3. The lowest BCUT2D eigenvalue weighted by Gasteiger charge is -2.21. The summed E-state index contributed by atoms with van der Waals surface area (Å²) < 4.78 is 9.72. The number of methoxy groups -OCH3 is 2. The molecule has 0 spiro atoms. The summed E-state index contributed by atoms with van der Waals surface area (Å²) in [4.78, 5) is 17.2. The monoisotopic (exact) mass is 286 g/mol. The fraction of sp³-hybridized carbons (Fsp3) is 0.538. The maximum Gasteiger partial charge on any atom is 0.306 e. The summed E-state index contributed by atoms with van der Waals surface area (Å²) in [6.45, 7) is 2.67. The van der Waals surface area contributed by atoms with E-state index in [1.807, 2.05) is 12.1 Å². The van der Waals surface area contributed by atoms with Gasteiger partial charge in [0.05, 0.1) is 20.1 Å². The third-order valence-electron chi connectivity index (χ3n) is 2.67. The first-order chi connectivity index (χ1) is 9.15. The molecule has 0 saturated carbocycles. The maximum atomic E-state index is 11.2. The molecule has 1 heterocycles. The van der Waals surface area contributed by atoms with Gasteiger partial charge in [-0.2, -0.15) is 0 Å². The number of esters is 1. The topological polar surface area (TPSA) is 51.7 Å². The molecule has 0 bridgehead atoms. The number of carbonyl (C=O) groups excluding carboxylic acids is 1. The predicted octanol–water partition coefficient (Wildman–Crippen LogP) is 1.75. The Labute approximate surface area is 118 Å². The Kier molecular flexibility index (Phi) is 7.40. The van der Waals surface area contributed by atoms with E-state index in [1.54, 1.807) is 13.3 Å². The van der Waals surface area contributed by atoms with Gasteiger partial charge in [0.2, 0.25) is 0 Å². The zero-order chi connectivity index (χ0) is 14.1. The van der Waals surface area contributed by atoms with Crippen LogP contribution >= 0.6 is 11.6 Å². The van der Waals surface area contributed by atoms with Crippen molar-refractivity contribution in [3.63, 3.8) is 0 Å². The molecule has 6 heteroatoms. The van der Waals surface area contributed by atoms with Crippen LogP contribution in [0.25, 0.3) is 0 Å². The minimum Gasteiger partial charge on any atom is -0.469 e. The lowest BCUT2D eigenvalue weighted by molar-refractivity contribution is -0.141. The standard InChI is InChI=1S/C13H19ClN2O3/c1-18-8-7-16(6-4-13(17)19-2)10-11-3-5-15-12(14)9-11/h3,5,9H,4,6-8,10H2,1-2H3. The van der Waals surface area contributed by atoms with E-state index < -0.39 is 0 Å². The minimum atomic E-state index is -0.213. The van der Waals surface area contributed by atoms with Gasteiger partial charge < -0.3 is 9.47 Å². The Morgan fingerprint density at radius 1 is 1.42 bits per heavy atom. The summed E-state index contributed by atoms with van der Waals surface area (Å²) in [5.41, 5.74) is 1.06. The lowest BCUT2D eigenvalue weighted by atomic mass is 10.2. The molecule has 0 radical (unpaired) electrons. The summed E-state index contributed by atoms with van der Waals surface area (Å²) in [6, 6.07) is 3.73. The van der Waals surface area contributed by atoms with Crippen molar-refractivity contribution in [2.45, 2.75) is 13.0 Å². The van der Waals surface area contributed by atoms with E-state index >= 15 is 0 Å². The molecule has 5 nitrogen and oxygen atoms in total. The van der Waals surface area contributed by atoms with Gasteiger partial charge in [0.1, 0.15) is 5.15 Å². The Morgan fingerprint density at radius 2 is 2.21 bits per heavy atom. The van der Waals surface area contributed by atoms with Gasteiger partial charge >= 0.3 is 5.97 Å². The fourth-order valence-electron chi connectivity index (χ4n) is 1.64. The molecule has 0 aromatic carbocycles. The van der Waals surface area contributed by atoms with Crippen LogP contribution in [-0.2, 0) is 20.8 Å². The average molecular weight is 287 g/mol. The van der Waals surface area contributed by atoms with Gasteiger partial charge in [-0.15, -0.1) is 0 Å². The van der Waals surface area contributed by atoms with Crippen molar-refractivity contribution in [2.24, 2.45) is 0 Å². The van der Waals surface area contributed by atoms with Crippen LogP contribution in [0, 0.1) is 0 Å². The Hall–Kier alpha value is -1.17. The Balaban J connectivity index is 2.55. The van der Waals surface area contributed by atoms with Gasteiger partial charge in [0.15, 0.2) is 0 Å². The number of rotatable bonds is 8. The molecule has 106 valence electrons. The predicted molar refractivity (Wildman–Crippen MR) is 73.0 cm³/mol. The Bertz CT molecular complexity index is 401. The fourth-order valence-corrected chi connectivity index (χ4v) is 1.84. The van der Waals surface area contributed by atoms with Crippen LogP contribution in [0.15, 0.2) is 18.3 Å². The van der Waals surface area contributed by atoms with Crippen LogP contribution in [0.1, 0.15) is 12.0 Å². The van der Waals surface area contributed by atoms with Crippen molar-refractivity contribution in [3.8, 4) is 0 Å². The van der Waals surface area contributed by atoms with E-state index in [4.69, 9.17) is 16.3 Å². The van der Waals surface area contributed by atoms with E-state index in [0.717, 1.165) is 12.1 Å². The number of pyridine rings is 1. The molecule has 0 amide bonds. The summed E-state index contributed by atoms with van der Waals surface area (Å²) in [6.07, 6.45) is 2.03. The molecule has 1 aromatic rings. The van der Waals surface area contributed by atoms with Crippen LogP contribution in [-0.4, -0.2) is 49.8 Å². The highest BCUT2D eigenvalue weighted by molar-refractivity contribution is 6.29. The number of carbonyl (C=O) groups is 1. The molecule has 1 aromatic heterocycles. The zero-order valence-electron chi connectivity index (χ0n) is 11.3. The van der Waals surface area contributed by atoms with Crippen molar-refractivity contribution in [2.75, 3.05) is 33.9 Å². The van der Waals surface area contributed by atoms with Crippen molar-refractivity contribution in [3.05, 3.63) is 29.0 Å². The highest BCUT2D eigenvalue weighted by Crippen LogP contribution is 2.10. The molecule has 0 aliphatic rings. The lowest BCUT2D eigenvalue weighted by Crippen LogP contribution is -2.29. The van der Waals surface area contributed by atoms with Crippen LogP contribution in [0.3, 0.4) is 0 Å². The smallest absolute Gasteiger partial charge is 0.306 e. The van der Waals surface area contributed by atoms with Gasteiger partial charge in [-0.05, 0) is 17.7 Å². The SMILES string of the molecule is COCCN(CCC(=O)OC)Cc1ccnc(Cl)c1. The summed E-state index contributed by atoms with van der Waals surface area (Å²) >= 11 is 5.85. The van der Waals surface area contributed by atoms with Gasteiger partial charge in [0.25, 0.3) is 0 Å². The largest absolute Gasteiger partial charge is 0.469 e. The van der Waals surface area contributed by atoms with E-state index in [-0.39, 0.29) is 5.97 Å². The molecule has 0 aliphatic carbocycles. The van der Waals surface area contributed by atoms with Crippen molar-refractivity contribution >= 4 is 17.6 Å². The zero-order valence-corrected chi connectivity index (χ0v) is 12.0. The molecule has 1 rings (SSSR count). The quantitative estimate of drug-likeness (QED) is 0.538. The van der Waals surface area contributed by atoms with Crippen molar-refractivity contribution < 1.29 is 14.3 Å². The molecule has 0 unspecified atom stereocenters. The third kappa shape index (κ3) is 6.52. The van der Waals surface area contributed by atoms with E-state index in [2.05, 4.69) is 14.6 Å². The average Bonchev–Trinajstić information content (AvgIpc) is 2.41. The first-order valence-electron chi connectivity index (χ1n) is 6.04. The number of ether oxygens (including phenoxy) is 2. The maximum absolute atomic E-state index is 11.2. The minimum absolute atomic E-state index is 0.213. The van der Waals surface area contributed by atoms with E-state index in [9.17, 15) is 4.79 Å². The number of nitrogens with zero attached hydrogens (tertiary/aromatic N) is 2. The van der Waals surface area contributed by atoms with Crippen molar-refractivity contribution in [1.29, 1.82) is 0 Å². The summed E-state index contributed by atoms with van der Waals surface area (Å²) in [5, 5.41) is 0.470. The van der Waals surface area contributed by atoms with E-state index in [0.29, 0.717) is 31.3 Å². The summed E-state index contributed by atoms with van der Waals surface area (Å²) in [5.74, 6) is -0.213. The Morgan fingerprint density at radius 3 is 2.84 bits per heavy atom. The van der Waals surface area contributed by atoms with Gasteiger partial charge in [-0.1, -0.05) is 11.6 Å². The van der Waals surface area contributed by atoms with Crippen LogP contribution < -0.4 is 0 Å². The highest BCUT2D eigenvalue weighted by Gasteiger charge is 2.09.